The fourth-order valence-corrected chi connectivity index (χ4v) is 3.52. The van der Waals surface area contributed by atoms with Crippen LogP contribution >= 0.6 is 27.5 Å². The SMILES string of the molecule is Cc1[nH]nc(S(=O)(=O)Nc2cc(Cl)ccc2Br)c1CO. The number of hydrogen-bond donors (Lipinski definition) is 3. The summed E-state index contributed by atoms with van der Waals surface area (Å²) >= 11 is 9.07. The van der Waals surface area contributed by atoms with E-state index in [0.29, 0.717) is 20.9 Å². The summed E-state index contributed by atoms with van der Waals surface area (Å²) in [6.07, 6.45) is 0. The first-order valence-corrected chi connectivity index (χ1v) is 8.13. The van der Waals surface area contributed by atoms with E-state index in [9.17, 15) is 13.5 Å². The number of aromatic amines is 1. The molecule has 2 aromatic rings. The summed E-state index contributed by atoms with van der Waals surface area (Å²) in [5.41, 5.74) is 1.02. The van der Waals surface area contributed by atoms with Crippen molar-refractivity contribution < 1.29 is 13.5 Å². The van der Waals surface area contributed by atoms with Crippen molar-refractivity contribution >= 4 is 43.2 Å². The number of nitrogens with one attached hydrogen (secondary N) is 2. The number of rotatable bonds is 4. The summed E-state index contributed by atoms with van der Waals surface area (Å²) in [6, 6.07) is 4.73. The molecule has 1 heterocycles. The number of aliphatic hydroxyl groups excluding tert-OH is 1. The number of nitrogens with zero attached hydrogens (tertiary/aromatic N) is 1. The summed E-state index contributed by atoms with van der Waals surface area (Å²) in [7, 11) is -3.92. The molecule has 6 nitrogen and oxygen atoms in total. The number of aryl methyl sites for hydroxylation is 1. The van der Waals surface area contributed by atoms with E-state index in [2.05, 4.69) is 30.8 Å². The Morgan fingerprint density at radius 1 is 1.50 bits per heavy atom. The Morgan fingerprint density at radius 3 is 2.85 bits per heavy atom. The van der Waals surface area contributed by atoms with E-state index in [1.54, 1.807) is 19.1 Å². The quantitative estimate of drug-likeness (QED) is 0.759. The van der Waals surface area contributed by atoms with Crippen LogP contribution in [0.4, 0.5) is 5.69 Å². The first-order chi connectivity index (χ1) is 9.35. The zero-order valence-corrected chi connectivity index (χ0v) is 13.5. The molecule has 0 atom stereocenters. The van der Waals surface area contributed by atoms with E-state index in [1.807, 2.05) is 0 Å². The molecule has 3 N–H and O–H groups in total. The largest absolute Gasteiger partial charge is 0.392 e. The van der Waals surface area contributed by atoms with Crippen LogP contribution in [0.3, 0.4) is 0 Å². The van der Waals surface area contributed by atoms with Crippen LogP contribution in [0.25, 0.3) is 0 Å². The van der Waals surface area contributed by atoms with Gasteiger partial charge in [0.15, 0.2) is 0 Å². The molecule has 108 valence electrons. The smallest absolute Gasteiger partial charge is 0.281 e. The molecule has 0 aliphatic rings. The second-order valence-electron chi connectivity index (χ2n) is 4.02. The molecule has 20 heavy (non-hydrogen) atoms. The molecule has 1 aromatic carbocycles. The van der Waals surface area contributed by atoms with Crippen molar-refractivity contribution in [2.45, 2.75) is 18.6 Å². The van der Waals surface area contributed by atoms with Crippen LogP contribution in [-0.2, 0) is 16.6 Å². The highest BCUT2D eigenvalue weighted by atomic mass is 79.9. The van der Waals surface area contributed by atoms with Crippen molar-refractivity contribution in [1.82, 2.24) is 10.2 Å². The molecular weight excluding hydrogens is 370 g/mol. The molecular formula is C11H11BrClN3O3S. The molecule has 0 unspecified atom stereocenters. The molecule has 1 aromatic heterocycles. The average molecular weight is 381 g/mol. The molecule has 0 saturated carbocycles. The maximum atomic E-state index is 12.3. The van der Waals surface area contributed by atoms with Crippen molar-refractivity contribution in [2.24, 2.45) is 0 Å². The second-order valence-corrected chi connectivity index (χ2v) is 6.91. The van der Waals surface area contributed by atoms with Crippen molar-refractivity contribution in [2.75, 3.05) is 4.72 Å². The number of halogens is 2. The predicted octanol–water partition coefficient (Wildman–Crippen LogP) is 2.43. The highest BCUT2D eigenvalue weighted by Crippen LogP contribution is 2.28. The van der Waals surface area contributed by atoms with Gasteiger partial charge in [-0.3, -0.25) is 9.82 Å². The van der Waals surface area contributed by atoms with Gasteiger partial charge >= 0.3 is 0 Å². The number of aliphatic hydroxyl groups is 1. The van der Waals surface area contributed by atoms with Crippen molar-refractivity contribution in [3.63, 3.8) is 0 Å². The van der Waals surface area contributed by atoms with E-state index in [-0.39, 0.29) is 10.6 Å². The Kier molecular flexibility index (Phi) is 4.38. The van der Waals surface area contributed by atoms with Crippen LogP contribution < -0.4 is 4.72 Å². The normalized spacial score (nSPS) is 11.6. The van der Waals surface area contributed by atoms with Crippen LogP contribution in [0.5, 0.6) is 0 Å². The number of H-pyrrole nitrogens is 1. The molecule has 0 aliphatic heterocycles. The number of anilines is 1. The maximum Gasteiger partial charge on any atom is 0.281 e. The van der Waals surface area contributed by atoms with Crippen molar-refractivity contribution in [1.29, 1.82) is 0 Å². The van der Waals surface area contributed by atoms with Gasteiger partial charge in [0.25, 0.3) is 10.0 Å². The summed E-state index contributed by atoms with van der Waals surface area (Å²) in [5, 5.41) is 15.7. The lowest BCUT2D eigenvalue weighted by atomic mass is 10.3. The lowest BCUT2D eigenvalue weighted by Gasteiger charge is -2.09. The van der Waals surface area contributed by atoms with Crippen LogP contribution in [0.1, 0.15) is 11.3 Å². The van der Waals surface area contributed by atoms with Gasteiger partial charge in [0.1, 0.15) is 0 Å². The molecule has 0 amide bonds. The highest BCUT2D eigenvalue weighted by molar-refractivity contribution is 9.10. The van der Waals surface area contributed by atoms with Crippen LogP contribution in [0.15, 0.2) is 27.7 Å². The average Bonchev–Trinajstić information content (AvgIpc) is 2.75. The summed E-state index contributed by atoms with van der Waals surface area (Å²) in [5.74, 6) is 0. The molecule has 0 spiro atoms. The number of hydrogen-bond acceptors (Lipinski definition) is 4. The van der Waals surface area contributed by atoms with Gasteiger partial charge in [0.05, 0.1) is 12.3 Å². The zero-order valence-electron chi connectivity index (χ0n) is 10.3. The minimum atomic E-state index is -3.92. The standard InChI is InChI=1S/C11H11BrClN3O3S/c1-6-8(5-17)11(15-14-6)20(18,19)16-10-4-7(13)2-3-9(10)12/h2-4,16-17H,5H2,1H3,(H,14,15). The molecule has 0 fully saturated rings. The maximum absolute atomic E-state index is 12.3. The topological polar surface area (TPSA) is 95.1 Å². The van der Waals surface area contributed by atoms with E-state index < -0.39 is 16.6 Å². The Morgan fingerprint density at radius 2 is 2.20 bits per heavy atom. The fourth-order valence-electron chi connectivity index (χ4n) is 1.61. The minimum Gasteiger partial charge on any atom is -0.392 e. The molecule has 2 rings (SSSR count). The monoisotopic (exact) mass is 379 g/mol. The van der Waals surface area contributed by atoms with Gasteiger partial charge in [0, 0.05) is 20.8 Å². The predicted molar refractivity (Wildman–Crippen MR) is 79.2 cm³/mol. The Hall–Kier alpha value is -1.09. The second kappa shape index (κ2) is 5.72. The lowest BCUT2D eigenvalue weighted by molar-refractivity contribution is 0.277. The van der Waals surface area contributed by atoms with Gasteiger partial charge in [0.2, 0.25) is 5.03 Å². The van der Waals surface area contributed by atoms with E-state index >= 15 is 0 Å². The van der Waals surface area contributed by atoms with Gasteiger partial charge in [-0.1, -0.05) is 11.6 Å². The Balaban J connectivity index is 2.43. The van der Waals surface area contributed by atoms with Gasteiger partial charge in [-0.15, -0.1) is 0 Å². The lowest BCUT2D eigenvalue weighted by Crippen LogP contribution is -2.15. The van der Waals surface area contributed by atoms with Gasteiger partial charge < -0.3 is 5.11 Å². The Labute approximate surface area is 129 Å². The number of sulfonamides is 1. The molecule has 0 saturated heterocycles. The highest BCUT2D eigenvalue weighted by Gasteiger charge is 2.24. The fraction of sp³-hybridized carbons (Fsp3) is 0.182. The summed E-state index contributed by atoms with van der Waals surface area (Å²) < 4.78 is 27.5. The zero-order chi connectivity index (χ0) is 14.9. The van der Waals surface area contributed by atoms with E-state index in [0.717, 1.165) is 0 Å². The molecule has 0 radical (unpaired) electrons. The number of aromatic nitrogens is 2. The third-order valence-electron chi connectivity index (χ3n) is 2.62. The first-order valence-electron chi connectivity index (χ1n) is 5.47. The van der Waals surface area contributed by atoms with Gasteiger partial charge in [-0.2, -0.15) is 13.5 Å². The van der Waals surface area contributed by atoms with Crippen LogP contribution in [0, 0.1) is 6.92 Å². The summed E-state index contributed by atoms with van der Waals surface area (Å²) in [6.45, 7) is 1.21. The van der Waals surface area contributed by atoms with Gasteiger partial charge in [-0.25, -0.2) is 0 Å². The number of benzene rings is 1. The van der Waals surface area contributed by atoms with E-state index in [4.69, 9.17) is 11.6 Å². The summed E-state index contributed by atoms with van der Waals surface area (Å²) in [4.78, 5) is 0. The van der Waals surface area contributed by atoms with Gasteiger partial charge in [-0.05, 0) is 41.1 Å². The van der Waals surface area contributed by atoms with Crippen LogP contribution in [0.2, 0.25) is 5.02 Å². The third kappa shape index (κ3) is 2.98. The third-order valence-corrected chi connectivity index (χ3v) is 4.88. The molecule has 0 aliphatic carbocycles. The molecule has 0 bridgehead atoms. The molecule has 9 heteroatoms. The van der Waals surface area contributed by atoms with E-state index in [1.165, 1.54) is 6.07 Å². The van der Waals surface area contributed by atoms with Crippen molar-refractivity contribution in [3.05, 3.63) is 39.0 Å². The Bertz CT molecular complexity index is 745. The first kappa shape index (κ1) is 15.3. The van der Waals surface area contributed by atoms with Crippen molar-refractivity contribution in [3.8, 4) is 0 Å². The minimum absolute atomic E-state index is 0.232. The van der Waals surface area contributed by atoms with Crippen LogP contribution in [-0.4, -0.2) is 23.7 Å².